The Bertz CT molecular complexity index is 332. The van der Waals surface area contributed by atoms with Gasteiger partial charge in [-0.3, -0.25) is 4.79 Å². The lowest BCUT2D eigenvalue weighted by atomic mass is 10.1. The van der Waals surface area contributed by atoms with Gasteiger partial charge in [-0.1, -0.05) is 32.3 Å². The standard InChI is InChI=1S/C15H28N2O4/c1-2-3-4-7-12(18)9-10-14(19)17-13(15(20)21)8-5-6-11-16/h9-10,12-13,18H,2-8,11,16H2,1H3,(H,17,19)(H,20,21)/t12?,13-/m0/s1. The van der Waals surface area contributed by atoms with Crippen molar-refractivity contribution in [3.05, 3.63) is 12.2 Å². The number of carbonyl (C=O) groups is 2. The zero-order valence-corrected chi connectivity index (χ0v) is 12.8. The van der Waals surface area contributed by atoms with Crippen LogP contribution in [0.1, 0.15) is 51.9 Å². The zero-order valence-electron chi connectivity index (χ0n) is 12.8. The highest BCUT2D eigenvalue weighted by molar-refractivity contribution is 5.91. The van der Waals surface area contributed by atoms with E-state index < -0.39 is 24.0 Å². The summed E-state index contributed by atoms with van der Waals surface area (Å²) in [5.41, 5.74) is 5.35. The molecular weight excluding hydrogens is 272 g/mol. The van der Waals surface area contributed by atoms with Gasteiger partial charge >= 0.3 is 5.97 Å². The van der Waals surface area contributed by atoms with Crippen molar-refractivity contribution < 1.29 is 19.8 Å². The lowest BCUT2D eigenvalue weighted by molar-refractivity contribution is -0.141. The van der Waals surface area contributed by atoms with Crippen LogP contribution in [0, 0.1) is 0 Å². The highest BCUT2D eigenvalue weighted by atomic mass is 16.4. The smallest absolute Gasteiger partial charge is 0.326 e. The van der Waals surface area contributed by atoms with E-state index >= 15 is 0 Å². The number of carboxylic acids is 1. The summed E-state index contributed by atoms with van der Waals surface area (Å²) in [5, 5.41) is 21.1. The Morgan fingerprint density at radius 2 is 1.86 bits per heavy atom. The molecule has 21 heavy (non-hydrogen) atoms. The third-order valence-electron chi connectivity index (χ3n) is 3.13. The maximum Gasteiger partial charge on any atom is 0.326 e. The highest BCUT2D eigenvalue weighted by Crippen LogP contribution is 2.04. The minimum absolute atomic E-state index is 0.352. The van der Waals surface area contributed by atoms with Gasteiger partial charge in [0.25, 0.3) is 0 Å². The van der Waals surface area contributed by atoms with Gasteiger partial charge in [0.05, 0.1) is 6.10 Å². The molecule has 1 amide bonds. The topological polar surface area (TPSA) is 113 Å². The number of unbranched alkanes of at least 4 members (excludes halogenated alkanes) is 3. The van der Waals surface area contributed by atoms with E-state index in [1.807, 2.05) is 0 Å². The lowest BCUT2D eigenvalue weighted by Crippen LogP contribution is -2.40. The first-order valence-electron chi connectivity index (χ1n) is 7.60. The Hall–Kier alpha value is -1.40. The summed E-state index contributed by atoms with van der Waals surface area (Å²) in [5.74, 6) is -1.55. The van der Waals surface area contributed by atoms with Gasteiger partial charge in [0.15, 0.2) is 0 Å². The van der Waals surface area contributed by atoms with Crippen LogP contribution in [0.2, 0.25) is 0 Å². The number of carboxylic acid groups (broad SMARTS) is 1. The summed E-state index contributed by atoms with van der Waals surface area (Å²) in [4.78, 5) is 22.7. The molecule has 0 aromatic heterocycles. The molecule has 0 rings (SSSR count). The van der Waals surface area contributed by atoms with Crippen molar-refractivity contribution in [3.63, 3.8) is 0 Å². The average molecular weight is 300 g/mol. The number of hydrogen-bond acceptors (Lipinski definition) is 4. The number of nitrogens with one attached hydrogen (secondary N) is 1. The molecule has 0 aromatic carbocycles. The predicted octanol–water partition coefficient (Wildman–Crippen LogP) is 1.18. The summed E-state index contributed by atoms with van der Waals surface area (Å²) in [6.45, 7) is 2.58. The SMILES string of the molecule is CCCCCC(O)C=CC(=O)N[C@@H](CCCCN)C(=O)O. The van der Waals surface area contributed by atoms with Gasteiger partial charge in [0.2, 0.25) is 5.91 Å². The van der Waals surface area contributed by atoms with E-state index in [-0.39, 0.29) is 0 Å². The number of aliphatic carboxylic acids is 1. The van der Waals surface area contributed by atoms with Crippen molar-refractivity contribution in [2.24, 2.45) is 5.73 Å². The molecule has 0 aliphatic heterocycles. The van der Waals surface area contributed by atoms with Crippen LogP contribution in [0.3, 0.4) is 0 Å². The van der Waals surface area contributed by atoms with Gasteiger partial charge in [-0.05, 0) is 32.2 Å². The Kier molecular flexibility index (Phi) is 11.5. The number of carbonyl (C=O) groups excluding carboxylic acids is 1. The fraction of sp³-hybridized carbons (Fsp3) is 0.733. The van der Waals surface area contributed by atoms with E-state index in [1.54, 1.807) is 0 Å². The van der Waals surface area contributed by atoms with Crippen molar-refractivity contribution >= 4 is 11.9 Å². The second-order valence-electron chi connectivity index (χ2n) is 5.11. The van der Waals surface area contributed by atoms with Gasteiger partial charge in [0.1, 0.15) is 6.04 Å². The molecule has 6 nitrogen and oxygen atoms in total. The second kappa shape index (κ2) is 12.3. The Morgan fingerprint density at radius 3 is 2.43 bits per heavy atom. The van der Waals surface area contributed by atoms with Crippen LogP contribution in [0.4, 0.5) is 0 Å². The van der Waals surface area contributed by atoms with E-state index in [1.165, 1.54) is 12.2 Å². The molecule has 2 atom stereocenters. The maximum atomic E-state index is 11.6. The quantitative estimate of drug-likeness (QED) is 0.319. The van der Waals surface area contributed by atoms with Crippen molar-refractivity contribution in [3.8, 4) is 0 Å². The fourth-order valence-electron chi connectivity index (χ4n) is 1.87. The minimum Gasteiger partial charge on any atom is -0.480 e. The van der Waals surface area contributed by atoms with E-state index in [2.05, 4.69) is 12.2 Å². The van der Waals surface area contributed by atoms with Gasteiger partial charge < -0.3 is 21.3 Å². The summed E-state index contributed by atoms with van der Waals surface area (Å²) in [6, 6.07) is -0.911. The van der Waals surface area contributed by atoms with Crippen LogP contribution >= 0.6 is 0 Å². The first kappa shape index (κ1) is 19.6. The third-order valence-corrected chi connectivity index (χ3v) is 3.13. The first-order valence-corrected chi connectivity index (χ1v) is 7.60. The van der Waals surface area contributed by atoms with Crippen LogP contribution in [-0.2, 0) is 9.59 Å². The van der Waals surface area contributed by atoms with Crippen molar-refractivity contribution in [1.29, 1.82) is 0 Å². The van der Waals surface area contributed by atoms with Crippen molar-refractivity contribution in [1.82, 2.24) is 5.32 Å². The van der Waals surface area contributed by atoms with Gasteiger partial charge in [0, 0.05) is 6.08 Å². The molecule has 1 unspecified atom stereocenters. The van der Waals surface area contributed by atoms with Crippen LogP contribution in [-0.4, -0.2) is 40.8 Å². The van der Waals surface area contributed by atoms with Crippen LogP contribution in [0.5, 0.6) is 0 Å². The number of aliphatic hydroxyl groups excluding tert-OH is 1. The second-order valence-corrected chi connectivity index (χ2v) is 5.11. The normalized spacial score (nSPS) is 14.0. The molecule has 0 spiro atoms. The van der Waals surface area contributed by atoms with Crippen molar-refractivity contribution in [2.75, 3.05) is 6.54 Å². The number of rotatable bonds is 12. The lowest BCUT2D eigenvalue weighted by Gasteiger charge is -2.13. The minimum atomic E-state index is -1.06. The molecule has 0 saturated carbocycles. The summed E-state index contributed by atoms with van der Waals surface area (Å²) in [6.07, 6.45) is 7.30. The number of nitrogens with two attached hydrogens (primary N) is 1. The first-order chi connectivity index (χ1) is 10.0. The Balaban J connectivity index is 4.14. The zero-order chi connectivity index (χ0) is 16.1. The van der Waals surface area contributed by atoms with Gasteiger partial charge in [-0.15, -0.1) is 0 Å². The summed E-state index contributed by atoms with van der Waals surface area (Å²) < 4.78 is 0. The largest absolute Gasteiger partial charge is 0.480 e. The Labute approximate surface area is 126 Å². The molecule has 0 heterocycles. The number of amides is 1. The van der Waals surface area contributed by atoms with E-state index in [4.69, 9.17) is 10.8 Å². The van der Waals surface area contributed by atoms with E-state index in [0.29, 0.717) is 25.8 Å². The molecule has 0 aliphatic carbocycles. The molecular formula is C15H28N2O4. The van der Waals surface area contributed by atoms with Gasteiger partial charge in [-0.2, -0.15) is 0 Å². The molecule has 5 N–H and O–H groups in total. The van der Waals surface area contributed by atoms with E-state index in [9.17, 15) is 14.7 Å². The summed E-state index contributed by atoms with van der Waals surface area (Å²) >= 11 is 0. The number of hydrogen-bond donors (Lipinski definition) is 4. The monoisotopic (exact) mass is 300 g/mol. The fourth-order valence-corrected chi connectivity index (χ4v) is 1.87. The van der Waals surface area contributed by atoms with Crippen LogP contribution in [0.15, 0.2) is 12.2 Å². The van der Waals surface area contributed by atoms with Crippen LogP contribution in [0.25, 0.3) is 0 Å². The molecule has 0 saturated heterocycles. The predicted molar refractivity (Wildman–Crippen MR) is 81.8 cm³/mol. The van der Waals surface area contributed by atoms with E-state index in [0.717, 1.165) is 25.7 Å². The average Bonchev–Trinajstić information content (AvgIpc) is 2.44. The summed E-state index contributed by atoms with van der Waals surface area (Å²) in [7, 11) is 0. The molecule has 0 bridgehead atoms. The van der Waals surface area contributed by atoms with Crippen molar-refractivity contribution in [2.45, 2.75) is 64.0 Å². The molecule has 0 aliphatic rings. The maximum absolute atomic E-state index is 11.6. The molecule has 0 fully saturated rings. The molecule has 122 valence electrons. The molecule has 0 radical (unpaired) electrons. The van der Waals surface area contributed by atoms with Gasteiger partial charge in [-0.25, -0.2) is 4.79 Å². The van der Waals surface area contributed by atoms with Crippen LogP contribution < -0.4 is 11.1 Å². The molecule has 6 heteroatoms. The highest BCUT2D eigenvalue weighted by Gasteiger charge is 2.18. The third kappa shape index (κ3) is 11.0. The molecule has 0 aromatic rings. The number of aliphatic hydroxyl groups is 1. The Morgan fingerprint density at radius 1 is 1.19 bits per heavy atom.